The Morgan fingerprint density at radius 3 is 2.35 bits per heavy atom. The summed E-state index contributed by atoms with van der Waals surface area (Å²) in [7, 11) is 0. The van der Waals surface area contributed by atoms with Crippen LogP contribution < -0.4 is 0 Å². The van der Waals surface area contributed by atoms with Gasteiger partial charge in [0.15, 0.2) is 0 Å². The lowest BCUT2D eigenvalue weighted by Crippen LogP contribution is -1.96. The summed E-state index contributed by atoms with van der Waals surface area (Å²) in [6, 6.07) is 0. The van der Waals surface area contributed by atoms with Crippen molar-refractivity contribution >= 4 is 0 Å². The van der Waals surface area contributed by atoms with Gasteiger partial charge >= 0.3 is 0 Å². The van der Waals surface area contributed by atoms with E-state index in [2.05, 4.69) is 52.5 Å². The maximum atomic E-state index is 3.83. The Kier molecular flexibility index (Phi) is 9.90. The number of allylic oxidation sites excluding steroid dienone is 5. The van der Waals surface area contributed by atoms with Crippen molar-refractivity contribution in [2.75, 3.05) is 0 Å². The zero-order chi connectivity index (χ0) is 13.1. The summed E-state index contributed by atoms with van der Waals surface area (Å²) in [5.41, 5.74) is 2.96. The molecule has 1 unspecified atom stereocenters. The molecule has 0 spiro atoms. The second kappa shape index (κ2) is 10.4. The number of hydrogen-bond acceptors (Lipinski definition) is 0. The van der Waals surface area contributed by atoms with Crippen LogP contribution in [0.4, 0.5) is 0 Å². The van der Waals surface area contributed by atoms with Crippen LogP contribution in [0.1, 0.15) is 66.2 Å². The van der Waals surface area contributed by atoms with Gasteiger partial charge in [-0.2, -0.15) is 0 Å². The van der Waals surface area contributed by atoms with Crippen LogP contribution in [0, 0.1) is 5.92 Å². The second-order valence-electron chi connectivity index (χ2n) is 5.25. The molecule has 0 radical (unpaired) electrons. The fraction of sp³-hybridized carbons (Fsp3) is 0.647. The fourth-order valence-electron chi connectivity index (χ4n) is 1.98. The highest BCUT2D eigenvalue weighted by molar-refractivity contribution is 5.02. The van der Waals surface area contributed by atoms with E-state index in [9.17, 15) is 0 Å². The Balaban J connectivity index is 3.82. The molecule has 0 rings (SSSR count). The van der Waals surface area contributed by atoms with E-state index in [0.717, 1.165) is 5.92 Å². The van der Waals surface area contributed by atoms with E-state index in [-0.39, 0.29) is 0 Å². The molecule has 98 valence electrons. The molecular weight excluding hydrogens is 204 g/mol. The quantitative estimate of drug-likeness (QED) is 0.425. The van der Waals surface area contributed by atoms with Gasteiger partial charge in [-0.25, -0.2) is 0 Å². The smallest absolute Gasteiger partial charge is 0.0288 e. The lowest BCUT2D eigenvalue weighted by Gasteiger charge is -2.10. The highest BCUT2D eigenvalue weighted by Crippen LogP contribution is 2.17. The molecule has 0 aliphatic carbocycles. The monoisotopic (exact) mass is 234 g/mol. The Labute approximate surface area is 109 Å². The van der Waals surface area contributed by atoms with Crippen LogP contribution in [0.2, 0.25) is 0 Å². The molecule has 0 heteroatoms. The third kappa shape index (κ3) is 10.1. The Morgan fingerprint density at radius 1 is 1.12 bits per heavy atom. The van der Waals surface area contributed by atoms with Crippen molar-refractivity contribution in [2.45, 2.75) is 66.2 Å². The SMILES string of the molecule is C=CCC(CC)CC/C=C(\C)CCC=C(C)C. The van der Waals surface area contributed by atoms with E-state index >= 15 is 0 Å². The average Bonchev–Trinajstić information content (AvgIpc) is 2.27. The van der Waals surface area contributed by atoms with Crippen LogP contribution in [0.3, 0.4) is 0 Å². The first kappa shape index (κ1) is 16.2. The molecule has 0 aromatic carbocycles. The van der Waals surface area contributed by atoms with Crippen LogP contribution in [0.5, 0.6) is 0 Å². The van der Waals surface area contributed by atoms with Crippen molar-refractivity contribution in [1.29, 1.82) is 0 Å². The molecule has 1 atom stereocenters. The molecule has 0 aliphatic heterocycles. The Bertz CT molecular complexity index is 251. The van der Waals surface area contributed by atoms with Crippen LogP contribution in [0.15, 0.2) is 36.0 Å². The van der Waals surface area contributed by atoms with Gasteiger partial charge in [0, 0.05) is 0 Å². The van der Waals surface area contributed by atoms with Gasteiger partial charge in [-0.05, 0) is 58.8 Å². The van der Waals surface area contributed by atoms with E-state index in [1.165, 1.54) is 49.7 Å². The lowest BCUT2D eigenvalue weighted by molar-refractivity contribution is 0.480. The molecule has 0 aliphatic rings. The molecule has 0 aromatic heterocycles. The van der Waals surface area contributed by atoms with Gasteiger partial charge in [0.2, 0.25) is 0 Å². The summed E-state index contributed by atoms with van der Waals surface area (Å²) in [6.45, 7) is 12.7. The maximum Gasteiger partial charge on any atom is -0.0288 e. The summed E-state index contributed by atoms with van der Waals surface area (Å²) in [5.74, 6) is 0.828. The third-order valence-electron chi connectivity index (χ3n) is 3.24. The van der Waals surface area contributed by atoms with Gasteiger partial charge in [0.05, 0.1) is 0 Å². The highest BCUT2D eigenvalue weighted by Gasteiger charge is 2.02. The van der Waals surface area contributed by atoms with E-state index < -0.39 is 0 Å². The standard InChI is InChI=1S/C17H30/c1-6-10-17(7-2)14-9-13-16(5)12-8-11-15(3)4/h6,11,13,17H,1,7-10,12,14H2,2-5H3/b16-13+. The Morgan fingerprint density at radius 2 is 1.82 bits per heavy atom. The first-order valence-electron chi connectivity index (χ1n) is 7.00. The van der Waals surface area contributed by atoms with Gasteiger partial charge in [0.25, 0.3) is 0 Å². The molecule has 0 nitrogen and oxygen atoms in total. The molecule has 0 saturated carbocycles. The molecule has 0 aromatic rings. The van der Waals surface area contributed by atoms with Crippen molar-refractivity contribution < 1.29 is 0 Å². The first-order valence-corrected chi connectivity index (χ1v) is 7.00. The lowest BCUT2D eigenvalue weighted by atomic mass is 9.96. The maximum absolute atomic E-state index is 3.83. The first-order chi connectivity index (χ1) is 8.10. The molecule has 0 amide bonds. The van der Waals surface area contributed by atoms with Gasteiger partial charge in [-0.15, -0.1) is 6.58 Å². The summed E-state index contributed by atoms with van der Waals surface area (Å²) < 4.78 is 0. The summed E-state index contributed by atoms with van der Waals surface area (Å²) in [5, 5.41) is 0. The van der Waals surface area contributed by atoms with Gasteiger partial charge in [-0.3, -0.25) is 0 Å². The van der Waals surface area contributed by atoms with Crippen molar-refractivity contribution in [3.05, 3.63) is 36.0 Å². The van der Waals surface area contributed by atoms with Crippen molar-refractivity contribution in [3.8, 4) is 0 Å². The van der Waals surface area contributed by atoms with Crippen molar-refractivity contribution in [2.24, 2.45) is 5.92 Å². The molecule has 17 heavy (non-hydrogen) atoms. The fourth-order valence-corrected chi connectivity index (χ4v) is 1.98. The normalized spacial score (nSPS) is 13.3. The van der Waals surface area contributed by atoms with E-state index in [0.29, 0.717) is 0 Å². The minimum Gasteiger partial charge on any atom is -0.103 e. The molecule has 0 N–H and O–H groups in total. The van der Waals surface area contributed by atoms with Gasteiger partial charge < -0.3 is 0 Å². The predicted molar refractivity (Wildman–Crippen MR) is 80.3 cm³/mol. The summed E-state index contributed by atoms with van der Waals surface area (Å²) in [4.78, 5) is 0. The van der Waals surface area contributed by atoms with Crippen molar-refractivity contribution in [1.82, 2.24) is 0 Å². The highest BCUT2D eigenvalue weighted by atomic mass is 14.1. The molecule has 0 saturated heterocycles. The molecule has 0 bridgehead atoms. The largest absolute Gasteiger partial charge is 0.103 e. The molecular formula is C17H30. The van der Waals surface area contributed by atoms with Gasteiger partial charge in [-0.1, -0.05) is 42.7 Å². The van der Waals surface area contributed by atoms with Crippen LogP contribution in [0.25, 0.3) is 0 Å². The summed E-state index contributed by atoms with van der Waals surface area (Å²) in [6.07, 6.45) is 14.2. The zero-order valence-electron chi connectivity index (χ0n) is 12.3. The van der Waals surface area contributed by atoms with Crippen LogP contribution in [-0.2, 0) is 0 Å². The average molecular weight is 234 g/mol. The van der Waals surface area contributed by atoms with Crippen LogP contribution >= 0.6 is 0 Å². The van der Waals surface area contributed by atoms with E-state index in [4.69, 9.17) is 0 Å². The minimum absolute atomic E-state index is 0.828. The third-order valence-corrected chi connectivity index (χ3v) is 3.24. The second-order valence-corrected chi connectivity index (χ2v) is 5.25. The predicted octanol–water partition coefficient (Wildman–Crippen LogP) is 6.06. The van der Waals surface area contributed by atoms with E-state index in [1.54, 1.807) is 0 Å². The topological polar surface area (TPSA) is 0 Å². The van der Waals surface area contributed by atoms with E-state index in [1.807, 2.05) is 0 Å². The van der Waals surface area contributed by atoms with Gasteiger partial charge in [0.1, 0.15) is 0 Å². The minimum atomic E-state index is 0.828. The zero-order valence-corrected chi connectivity index (χ0v) is 12.3. The molecule has 0 heterocycles. The van der Waals surface area contributed by atoms with Crippen molar-refractivity contribution in [3.63, 3.8) is 0 Å². The molecule has 0 fully saturated rings. The number of rotatable bonds is 9. The Hall–Kier alpha value is -0.780. The summed E-state index contributed by atoms with van der Waals surface area (Å²) >= 11 is 0. The van der Waals surface area contributed by atoms with Crippen LogP contribution in [-0.4, -0.2) is 0 Å². The number of hydrogen-bond donors (Lipinski definition) is 0.